The molecule has 2 heterocycles. The van der Waals surface area contributed by atoms with Crippen LogP contribution in [0.4, 0.5) is 5.95 Å². The first kappa shape index (κ1) is 21.2. The van der Waals surface area contributed by atoms with Crippen LogP contribution >= 0.6 is 0 Å². The zero-order valence-electron chi connectivity index (χ0n) is 18.3. The third-order valence-electron chi connectivity index (χ3n) is 7.18. The van der Waals surface area contributed by atoms with Gasteiger partial charge in [0.2, 0.25) is 5.95 Å². The van der Waals surface area contributed by atoms with Gasteiger partial charge in [-0.3, -0.25) is 4.79 Å². The fraction of sp³-hybridized carbons (Fsp3) is 0.783. The van der Waals surface area contributed by atoms with E-state index in [0.717, 1.165) is 63.4 Å². The summed E-state index contributed by atoms with van der Waals surface area (Å²) in [6.07, 6.45) is 7.83. The summed E-state index contributed by atoms with van der Waals surface area (Å²) in [5.74, 6) is 1.78. The van der Waals surface area contributed by atoms with Crippen LogP contribution in [-0.2, 0) is 21.4 Å². The number of hydrogen-bond donors (Lipinski definition) is 1. The molecule has 0 bridgehead atoms. The molecular formula is C23H37N3O2. The van der Waals surface area contributed by atoms with Gasteiger partial charge >= 0.3 is 0 Å². The predicted octanol–water partition coefficient (Wildman–Crippen LogP) is 4.55. The van der Waals surface area contributed by atoms with Crippen molar-refractivity contribution in [3.8, 4) is 0 Å². The summed E-state index contributed by atoms with van der Waals surface area (Å²) in [5, 5.41) is 3.48. The molecule has 156 valence electrons. The van der Waals surface area contributed by atoms with Gasteiger partial charge in [-0.2, -0.15) is 0 Å². The number of Topliss-reactive ketones (excluding diaryl/α,β-unsaturated/α-hetero) is 1. The molecule has 1 aromatic rings. The van der Waals surface area contributed by atoms with E-state index in [9.17, 15) is 4.79 Å². The number of anilines is 1. The van der Waals surface area contributed by atoms with Gasteiger partial charge in [-0.1, -0.05) is 34.6 Å². The second-order valence-electron chi connectivity index (χ2n) is 9.16. The molecule has 0 amide bonds. The standard InChI is InChI=1S/C23H37N3O2/c1-6-16(7-2)21(27)15(3)18-8-9-20-19(23(18,4)5)14-24-22(26-20)25-17-10-12-28-13-11-17/h14-18H,6-13H2,1-5H3,(H,24,25,26). The van der Waals surface area contributed by atoms with Crippen LogP contribution in [0.5, 0.6) is 0 Å². The number of aryl methyl sites for hydroxylation is 1. The number of hydrogen-bond acceptors (Lipinski definition) is 5. The number of nitrogens with zero attached hydrogens (tertiary/aromatic N) is 2. The summed E-state index contributed by atoms with van der Waals surface area (Å²) >= 11 is 0. The van der Waals surface area contributed by atoms with Gasteiger partial charge in [0, 0.05) is 43.0 Å². The number of rotatable bonds is 7. The Balaban J connectivity index is 1.77. The van der Waals surface area contributed by atoms with E-state index in [4.69, 9.17) is 9.72 Å². The number of ketones is 1. The maximum Gasteiger partial charge on any atom is 0.223 e. The lowest BCUT2D eigenvalue weighted by molar-refractivity contribution is -0.129. The summed E-state index contributed by atoms with van der Waals surface area (Å²) in [6, 6.07) is 0.397. The lowest BCUT2D eigenvalue weighted by Gasteiger charge is -2.43. The molecule has 1 aliphatic heterocycles. The van der Waals surface area contributed by atoms with Crippen LogP contribution < -0.4 is 5.32 Å². The lowest BCUT2D eigenvalue weighted by Crippen LogP contribution is -2.42. The van der Waals surface area contributed by atoms with Crippen molar-refractivity contribution in [2.75, 3.05) is 18.5 Å². The molecule has 0 radical (unpaired) electrons. The van der Waals surface area contributed by atoms with Crippen molar-refractivity contribution in [3.63, 3.8) is 0 Å². The van der Waals surface area contributed by atoms with Crippen LogP contribution in [-0.4, -0.2) is 35.0 Å². The Morgan fingerprint density at radius 1 is 1.25 bits per heavy atom. The van der Waals surface area contributed by atoms with Crippen LogP contribution in [0.3, 0.4) is 0 Å². The Kier molecular flexibility index (Phi) is 6.74. The molecule has 5 nitrogen and oxygen atoms in total. The first-order chi connectivity index (χ1) is 13.4. The summed E-state index contributed by atoms with van der Waals surface area (Å²) < 4.78 is 5.43. The SMILES string of the molecule is CCC(CC)C(=O)C(C)C1CCc2nc(NC3CCOCC3)ncc2C1(C)C. The highest BCUT2D eigenvalue weighted by molar-refractivity contribution is 5.83. The van der Waals surface area contributed by atoms with Gasteiger partial charge in [-0.05, 0) is 55.4 Å². The maximum atomic E-state index is 13.0. The molecule has 1 fully saturated rings. The van der Waals surface area contributed by atoms with Crippen LogP contribution in [0, 0.1) is 17.8 Å². The van der Waals surface area contributed by atoms with E-state index in [0.29, 0.717) is 17.7 Å². The van der Waals surface area contributed by atoms with Crippen molar-refractivity contribution in [3.05, 3.63) is 17.5 Å². The van der Waals surface area contributed by atoms with Gasteiger partial charge in [0.25, 0.3) is 0 Å². The number of carbonyl (C=O) groups is 1. The molecule has 2 aliphatic rings. The number of nitrogens with one attached hydrogen (secondary N) is 1. The van der Waals surface area contributed by atoms with Crippen molar-refractivity contribution in [2.45, 2.75) is 84.6 Å². The van der Waals surface area contributed by atoms with E-state index in [-0.39, 0.29) is 17.3 Å². The Morgan fingerprint density at radius 3 is 2.57 bits per heavy atom. The highest BCUT2D eigenvalue weighted by atomic mass is 16.5. The van der Waals surface area contributed by atoms with Gasteiger partial charge in [-0.25, -0.2) is 9.97 Å². The van der Waals surface area contributed by atoms with Crippen molar-refractivity contribution in [1.82, 2.24) is 9.97 Å². The van der Waals surface area contributed by atoms with E-state index in [1.165, 1.54) is 5.56 Å². The summed E-state index contributed by atoms with van der Waals surface area (Å²) in [6.45, 7) is 12.5. The van der Waals surface area contributed by atoms with Crippen molar-refractivity contribution >= 4 is 11.7 Å². The van der Waals surface area contributed by atoms with Gasteiger partial charge in [0.05, 0.1) is 0 Å². The van der Waals surface area contributed by atoms with Crippen LogP contribution in [0.25, 0.3) is 0 Å². The molecule has 1 N–H and O–H groups in total. The smallest absolute Gasteiger partial charge is 0.223 e. The average molecular weight is 388 g/mol. The molecule has 1 saturated heterocycles. The van der Waals surface area contributed by atoms with E-state index in [1.807, 2.05) is 6.20 Å². The van der Waals surface area contributed by atoms with Crippen molar-refractivity contribution < 1.29 is 9.53 Å². The maximum absolute atomic E-state index is 13.0. The Hall–Kier alpha value is -1.49. The third-order valence-corrected chi connectivity index (χ3v) is 7.18. The minimum absolute atomic E-state index is 0.0769. The molecule has 3 rings (SSSR count). The minimum atomic E-state index is -0.0914. The topological polar surface area (TPSA) is 64.1 Å². The first-order valence-corrected chi connectivity index (χ1v) is 11.1. The molecule has 5 heteroatoms. The second kappa shape index (κ2) is 8.89. The van der Waals surface area contributed by atoms with Crippen LogP contribution in [0.15, 0.2) is 6.20 Å². The van der Waals surface area contributed by atoms with Crippen molar-refractivity contribution in [1.29, 1.82) is 0 Å². The zero-order chi connectivity index (χ0) is 20.3. The summed E-state index contributed by atoms with van der Waals surface area (Å²) in [5.41, 5.74) is 2.27. The molecule has 0 aromatic carbocycles. The molecule has 1 aliphatic carbocycles. The fourth-order valence-electron chi connectivity index (χ4n) is 5.23. The Bertz CT molecular complexity index is 678. The number of ether oxygens (including phenoxy) is 1. The average Bonchev–Trinajstić information content (AvgIpc) is 2.69. The highest BCUT2D eigenvalue weighted by Gasteiger charge is 2.43. The number of carbonyl (C=O) groups excluding carboxylic acids is 1. The van der Waals surface area contributed by atoms with E-state index < -0.39 is 0 Å². The van der Waals surface area contributed by atoms with E-state index in [1.54, 1.807) is 0 Å². The van der Waals surface area contributed by atoms with Gasteiger partial charge in [-0.15, -0.1) is 0 Å². The second-order valence-corrected chi connectivity index (χ2v) is 9.16. The van der Waals surface area contributed by atoms with Crippen molar-refractivity contribution in [2.24, 2.45) is 17.8 Å². The summed E-state index contributed by atoms with van der Waals surface area (Å²) in [7, 11) is 0. The normalized spacial score (nSPS) is 23.3. The zero-order valence-corrected chi connectivity index (χ0v) is 18.3. The van der Waals surface area contributed by atoms with Gasteiger partial charge in [0.15, 0.2) is 0 Å². The number of fused-ring (bicyclic) bond motifs is 1. The van der Waals surface area contributed by atoms with Crippen LogP contribution in [0.2, 0.25) is 0 Å². The molecule has 2 atom stereocenters. The van der Waals surface area contributed by atoms with E-state index in [2.05, 4.69) is 44.9 Å². The summed E-state index contributed by atoms with van der Waals surface area (Å²) in [4.78, 5) is 22.5. The minimum Gasteiger partial charge on any atom is -0.381 e. The molecule has 1 aromatic heterocycles. The quantitative estimate of drug-likeness (QED) is 0.743. The fourth-order valence-corrected chi connectivity index (χ4v) is 5.23. The number of aromatic nitrogens is 2. The molecule has 0 saturated carbocycles. The predicted molar refractivity (Wildman–Crippen MR) is 113 cm³/mol. The Morgan fingerprint density at radius 2 is 1.93 bits per heavy atom. The molecule has 0 spiro atoms. The molecule has 2 unspecified atom stereocenters. The largest absolute Gasteiger partial charge is 0.381 e. The Labute approximate surface area is 170 Å². The van der Waals surface area contributed by atoms with E-state index >= 15 is 0 Å². The first-order valence-electron chi connectivity index (χ1n) is 11.1. The third kappa shape index (κ3) is 4.24. The monoisotopic (exact) mass is 387 g/mol. The highest BCUT2D eigenvalue weighted by Crippen LogP contribution is 2.45. The molecule has 28 heavy (non-hydrogen) atoms. The van der Waals surface area contributed by atoms with Crippen LogP contribution in [0.1, 0.15) is 78.0 Å². The van der Waals surface area contributed by atoms with Gasteiger partial charge in [0.1, 0.15) is 5.78 Å². The lowest BCUT2D eigenvalue weighted by atomic mass is 9.61. The molecular weight excluding hydrogens is 350 g/mol. The van der Waals surface area contributed by atoms with Gasteiger partial charge < -0.3 is 10.1 Å².